The molecular formula is C17H14N4. The summed E-state index contributed by atoms with van der Waals surface area (Å²) in [6.45, 7) is 0.745. The van der Waals surface area contributed by atoms with E-state index < -0.39 is 0 Å². The van der Waals surface area contributed by atoms with Crippen molar-refractivity contribution in [1.29, 1.82) is 0 Å². The molecule has 3 heterocycles. The van der Waals surface area contributed by atoms with Crippen LogP contribution in [0.3, 0.4) is 0 Å². The Balaban J connectivity index is 1.67. The van der Waals surface area contributed by atoms with Gasteiger partial charge in [0.05, 0.1) is 11.7 Å². The molecule has 1 N–H and O–H groups in total. The van der Waals surface area contributed by atoms with Gasteiger partial charge in [-0.3, -0.25) is 4.98 Å². The molecule has 0 saturated carbocycles. The number of pyridine rings is 2. The van der Waals surface area contributed by atoms with Gasteiger partial charge in [0, 0.05) is 47.2 Å². The number of fused-ring (bicyclic) bond motifs is 2. The Morgan fingerprint density at radius 2 is 2.00 bits per heavy atom. The Morgan fingerprint density at radius 3 is 3.00 bits per heavy atom. The first kappa shape index (κ1) is 11.9. The van der Waals surface area contributed by atoms with Crippen LogP contribution in [0.4, 0.5) is 5.69 Å². The topological polar surface area (TPSA) is 42.2 Å². The summed E-state index contributed by atoms with van der Waals surface area (Å²) in [5, 5.41) is 10.2. The molecular weight excluding hydrogens is 260 g/mol. The number of aromatic nitrogens is 3. The van der Waals surface area contributed by atoms with Crippen molar-refractivity contribution in [3.63, 3.8) is 0 Å². The van der Waals surface area contributed by atoms with Gasteiger partial charge in [0.25, 0.3) is 0 Å². The van der Waals surface area contributed by atoms with E-state index in [9.17, 15) is 0 Å². The second kappa shape index (κ2) is 4.90. The van der Waals surface area contributed by atoms with Gasteiger partial charge in [-0.25, -0.2) is 4.52 Å². The maximum Gasteiger partial charge on any atom is 0.0711 e. The van der Waals surface area contributed by atoms with Crippen LogP contribution >= 0.6 is 0 Å². The van der Waals surface area contributed by atoms with Crippen molar-refractivity contribution in [2.75, 3.05) is 5.32 Å². The number of nitrogens with one attached hydrogen (secondary N) is 1. The molecule has 4 heteroatoms. The summed E-state index contributed by atoms with van der Waals surface area (Å²) >= 11 is 0. The number of benzene rings is 1. The molecule has 4 nitrogen and oxygen atoms in total. The number of hydrogen-bond acceptors (Lipinski definition) is 3. The zero-order chi connectivity index (χ0) is 14.1. The summed E-state index contributed by atoms with van der Waals surface area (Å²) in [5.74, 6) is 0. The average molecular weight is 274 g/mol. The van der Waals surface area contributed by atoms with Crippen molar-refractivity contribution < 1.29 is 0 Å². The van der Waals surface area contributed by atoms with Gasteiger partial charge in [-0.05, 0) is 24.3 Å². The van der Waals surface area contributed by atoms with E-state index in [1.807, 2.05) is 53.6 Å². The van der Waals surface area contributed by atoms with E-state index in [0.29, 0.717) is 0 Å². The summed E-state index contributed by atoms with van der Waals surface area (Å²) in [6.07, 6.45) is 7.58. The van der Waals surface area contributed by atoms with Crippen molar-refractivity contribution in [2.24, 2.45) is 0 Å². The number of anilines is 1. The van der Waals surface area contributed by atoms with Crippen LogP contribution < -0.4 is 5.32 Å². The first-order chi connectivity index (χ1) is 10.4. The average Bonchev–Trinajstić information content (AvgIpc) is 2.96. The van der Waals surface area contributed by atoms with E-state index in [0.717, 1.165) is 23.1 Å². The van der Waals surface area contributed by atoms with Crippen molar-refractivity contribution in [3.8, 4) is 0 Å². The summed E-state index contributed by atoms with van der Waals surface area (Å²) in [5.41, 5.74) is 3.43. The zero-order valence-corrected chi connectivity index (χ0v) is 11.4. The lowest BCUT2D eigenvalue weighted by Crippen LogP contribution is -1.99. The molecule has 0 aliphatic heterocycles. The summed E-state index contributed by atoms with van der Waals surface area (Å²) in [6, 6.07) is 14.3. The van der Waals surface area contributed by atoms with E-state index in [4.69, 9.17) is 0 Å². The Bertz CT molecular complexity index is 905. The fraction of sp³-hybridized carbons (Fsp3) is 0.0588. The minimum absolute atomic E-state index is 0.745. The second-order valence-corrected chi connectivity index (χ2v) is 4.96. The van der Waals surface area contributed by atoms with Crippen LogP contribution in [0.25, 0.3) is 16.3 Å². The predicted octanol–water partition coefficient (Wildman–Crippen LogP) is 3.49. The van der Waals surface area contributed by atoms with Crippen molar-refractivity contribution in [3.05, 3.63) is 72.8 Å². The summed E-state index contributed by atoms with van der Waals surface area (Å²) in [7, 11) is 0. The Hall–Kier alpha value is -2.88. The molecule has 0 aliphatic carbocycles. The van der Waals surface area contributed by atoms with Crippen molar-refractivity contribution in [2.45, 2.75) is 6.54 Å². The molecule has 0 radical (unpaired) electrons. The number of rotatable bonds is 3. The monoisotopic (exact) mass is 274 g/mol. The number of nitrogens with zero attached hydrogens (tertiary/aromatic N) is 3. The molecule has 0 spiro atoms. The highest BCUT2D eigenvalue weighted by atomic mass is 15.2. The zero-order valence-electron chi connectivity index (χ0n) is 11.4. The largest absolute Gasteiger partial charge is 0.380 e. The smallest absolute Gasteiger partial charge is 0.0711 e. The summed E-state index contributed by atoms with van der Waals surface area (Å²) in [4.78, 5) is 4.16. The molecule has 3 aromatic heterocycles. The van der Waals surface area contributed by atoms with Crippen molar-refractivity contribution >= 4 is 22.0 Å². The first-order valence-corrected chi connectivity index (χ1v) is 6.90. The van der Waals surface area contributed by atoms with Crippen LogP contribution in [-0.4, -0.2) is 14.6 Å². The maximum absolute atomic E-state index is 4.36. The molecule has 4 aromatic rings. The van der Waals surface area contributed by atoms with Crippen LogP contribution in [0, 0.1) is 0 Å². The third-order valence-corrected chi connectivity index (χ3v) is 3.66. The van der Waals surface area contributed by atoms with Gasteiger partial charge < -0.3 is 5.32 Å². The molecule has 0 amide bonds. The minimum Gasteiger partial charge on any atom is -0.380 e. The van der Waals surface area contributed by atoms with Gasteiger partial charge in [-0.2, -0.15) is 5.10 Å². The molecule has 0 fully saturated rings. The fourth-order valence-electron chi connectivity index (χ4n) is 2.59. The fourth-order valence-corrected chi connectivity index (χ4v) is 2.59. The van der Waals surface area contributed by atoms with Gasteiger partial charge in [0.15, 0.2) is 0 Å². The molecule has 0 aliphatic rings. The quantitative estimate of drug-likeness (QED) is 0.622. The normalized spacial score (nSPS) is 11.0. The lowest BCUT2D eigenvalue weighted by molar-refractivity contribution is 0.961. The van der Waals surface area contributed by atoms with Crippen LogP contribution in [0.5, 0.6) is 0 Å². The maximum atomic E-state index is 4.36. The van der Waals surface area contributed by atoms with Gasteiger partial charge in [-0.1, -0.05) is 18.2 Å². The third kappa shape index (κ3) is 2.10. The van der Waals surface area contributed by atoms with Gasteiger partial charge >= 0.3 is 0 Å². The highest BCUT2D eigenvalue weighted by molar-refractivity contribution is 5.93. The van der Waals surface area contributed by atoms with E-state index in [2.05, 4.69) is 33.6 Å². The molecule has 21 heavy (non-hydrogen) atoms. The Kier molecular flexibility index (Phi) is 2.78. The SMILES string of the molecule is c1cc(NCc2cnn3ccccc23)c2ccncc2c1. The highest BCUT2D eigenvalue weighted by Gasteiger charge is 2.04. The van der Waals surface area contributed by atoms with E-state index in [1.54, 1.807) is 0 Å². The summed E-state index contributed by atoms with van der Waals surface area (Å²) < 4.78 is 1.89. The highest BCUT2D eigenvalue weighted by Crippen LogP contribution is 2.23. The standard InChI is InChI=1S/C17H14N4/c1-2-9-21-17(6-1)14(12-20-21)11-19-16-5-3-4-13-10-18-8-7-15(13)16/h1-10,12,19H,11H2. The van der Waals surface area contributed by atoms with Crippen LogP contribution in [0.1, 0.15) is 5.56 Å². The number of hydrogen-bond donors (Lipinski definition) is 1. The molecule has 0 saturated heterocycles. The predicted molar refractivity (Wildman–Crippen MR) is 84.3 cm³/mol. The van der Waals surface area contributed by atoms with Gasteiger partial charge in [0.1, 0.15) is 0 Å². The molecule has 1 aromatic carbocycles. The second-order valence-electron chi connectivity index (χ2n) is 4.96. The Labute approximate surface area is 122 Å². The van der Waals surface area contributed by atoms with E-state index >= 15 is 0 Å². The van der Waals surface area contributed by atoms with Crippen LogP contribution in [-0.2, 0) is 6.54 Å². The van der Waals surface area contributed by atoms with E-state index in [-0.39, 0.29) is 0 Å². The van der Waals surface area contributed by atoms with Gasteiger partial charge in [0.2, 0.25) is 0 Å². The molecule has 102 valence electrons. The minimum atomic E-state index is 0.745. The van der Waals surface area contributed by atoms with E-state index in [1.165, 1.54) is 10.9 Å². The molecule has 0 unspecified atom stereocenters. The van der Waals surface area contributed by atoms with Crippen LogP contribution in [0.15, 0.2) is 67.3 Å². The lowest BCUT2D eigenvalue weighted by Gasteiger charge is -2.08. The van der Waals surface area contributed by atoms with Crippen molar-refractivity contribution in [1.82, 2.24) is 14.6 Å². The van der Waals surface area contributed by atoms with Crippen LogP contribution in [0.2, 0.25) is 0 Å². The molecule has 4 rings (SSSR count). The van der Waals surface area contributed by atoms with Gasteiger partial charge in [-0.15, -0.1) is 0 Å². The third-order valence-electron chi connectivity index (χ3n) is 3.66. The lowest BCUT2D eigenvalue weighted by atomic mass is 10.1. The molecule has 0 atom stereocenters. The Morgan fingerprint density at radius 1 is 1.00 bits per heavy atom. The first-order valence-electron chi connectivity index (χ1n) is 6.90. The molecule has 0 bridgehead atoms.